The Bertz CT molecular complexity index is 1160. The Labute approximate surface area is 195 Å². The maximum atomic E-state index is 5.98. The Morgan fingerprint density at radius 3 is 2.53 bits per heavy atom. The molecule has 32 heavy (non-hydrogen) atoms. The molecule has 0 spiro atoms. The van der Waals surface area contributed by atoms with Crippen LogP contribution < -0.4 is 4.90 Å². The molecule has 7 nitrogen and oxygen atoms in total. The van der Waals surface area contributed by atoms with Gasteiger partial charge >= 0.3 is 0 Å². The van der Waals surface area contributed by atoms with Crippen molar-refractivity contribution in [3.05, 3.63) is 77.0 Å². The Balaban J connectivity index is 1.35. The molecule has 164 valence electrons. The summed E-state index contributed by atoms with van der Waals surface area (Å²) in [5.74, 6) is 2.26. The van der Waals surface area contributed by atoms with Crippen LogP contribution in [0.25, 0.3) is 11.3 Å². The van der Waals surface area contributed by atoms with Crippen molar-refractivity contribution in [3.8, 4) is 11.3 Å². The van der Waals surface area contributed by atoms with Gasteiger partial charge in [0.05, 0.1) is 25.5 Å². The first-order valence-corrected chi connectivity index (χ1v) is 11.8. The van der Waals surface area contributed by atoms with E-state index in [2.05, 4.69) is 37.0 Å². The molecule has 2 aromatic heterocycles. The van der Waals surface area contributed by atoms with Crippen LogP contribution in [0.3, 0.4) is 0 Å². The van der Waals surface area contributed by atoms with Gasteiger partial charge in [-0.2, -0.15) is 0 Å². The van der Waals surface area contributed by atoms with Gasteiger partial charge in [0.25, 0.3) is 0 Å². The first kappa shape index (κ1) is 21.1. The normalized spacial score (nSPS) is 14.1. The molecule has 0 unspecified atom stereocenters. The summed E-state index contributed by atoms with van der Waals surface area (Å²) in [7, 11) is 0. The number of hydrogen-bond acceptors (Lipinski definition) is 7. The summed E-state index contributed by atoms with van der Waals surface area (Å²) in [6, 6.07) is 19.9. The second-order valence-corrected chi connectivity index (χ2v) is 8.81. The van der Waals surface area contributed by atoms with E-state index in [0.717, 1.165) is 41.2 Å². The number of nitrogens with zero attached hydrogens (tertiary/aromatic N) is 5. The Morgan fingerprint density at radius 2 is 1.75 bits per heavy atom. The first-order valence-electron chi connectivity index (χ1n) is 10.4. The van der Waals surface area contributed by atoms with Crippen molar-refractivity contribution >= 4 is 29.3 Å². The second kappa shape index (κ2) is 9.77. The Kier molecular flexibility index (Phi) is 6.43. The SMILES string of the molecule is Clc1ccc(-c2cc(CSc3nnc(N4CCOCC4)n3Cc3ccccc3)on2)cc1. The quantitative estimate of drug-likeness (QED) is 0.363. The first-order chi connectivity index (χ1) is 15.8. The molecule has 4 aromatic rings. The van der Waals surface area contributed by atoms with Gasteiger partial charge in [-0.3, -0.25) is 4.57 Å². The molecule has 9 heteroatoms. The average Bonchev–Trinajstić information content (AvgIpc) is 3.47. The number of aromatic nitrogens is 4. The molecule has 0 bridgehead atoms. The van der Waals surface area contributed by atoms with Gasteiger partial charge in [0.15, 0.2) is 5.16 Å². The number of hydrogen-bond donors (Lipinski definition) is 0. The van der Waals surface area contributed by atoms with Crippen molar-refractivity contribution < 1.29 is 9.26 Å². The fourth-order valence-corrected chi connectivity index (χ4v) is 4.50. The molecule has 0 N–H and O–H groups in total. The zero-order chi connectivity index (χ0) is 21.8. The van der Waals surface area contributed by atoms with Gasteiger partial charge in [-0.05, 0) is 17.7 Å². The maximum Gasteiger partial charge on any atom is 0.228 e. The van der Waals surface area contributed by atoms with Crippen molar-refractivity contribution in [1.29, 1.82) is 0 Å². The number of halogens is 1. The molecule has 1 saturated heterocycles. The van der Waals surface area contributed by atoms with Crippen LogP contribution in [0.2, 0.25) is 5.02 Å². The molecule has 1 aliphatic heterocycles. The molecule has 0 radical (unpaired) electrons. The fourth-order valence-electron chi connectivity index (χ4n) is 3.56. The summed E-state index contributed by atoms with van der Waals surface area (Å²) < 4.78 is 13.2. The third-order valence-corrected chi connectivity index (χ3v) is 6.46. The molecular weight excluding hydrogens is 446 g/mol. The third kappa shape index (κ3) is 4.82. The lowest BCUT2D eigenvalue weighted by atomic mass is 10.1. The van der Waals surface area contributed by atoms with E-state index in [1.165, 1.54) is 5.56 Å². The highest BCUT2D eigenvalue weighted by molar-refractivity contribution is 7.98. The lowest BCUT2D eigenvalue weighted by molar-refractivity contribution is 0.121. The molecule has 3 heterocycles. The molecule has 1 fully saturated rings. The minimum absolute atomic E-state index is 0.608. The summed E-state index contributed by atoms with van der Waals surface area (Å²) in [5, 5.41) is 14.8. The van der Waals surface area contributed by atoms with Crippen LogP contribution in [-0.4, -0.2) is 46.2 Å². The number of benzene rings is 2. The summed E-state index contributed by atoms with van der Waals surface area (Å²) in [5.41, 5.74) is 2.96. The summed E-state index contributed by atoms with van der Waals surface area (Å²) in [6.45, 7) is 3.72. The zero-order valence-corrected chi connectivity index (χ0v) is 18.9. The van der Waals surface area contributed by atoms with Gasteiger partial charge in [0, 0.05) is 29.7 Å². The highest BCUT2D eigenvalue weighted by Gasteiger charge is 2.21. The molecule has 0 atom stereocenters. The predicted molar refractivity (Wildman–Crippen MR) is 125 cm³/mol. The van der Waals surface area contributed by atoms with Crippen LogP contribution in [0.15, 0.2) is 70.3 Å². The predicted octanol–water partition coefficient (Wildman–Crippen LogP) is 4.76. The van der Waals surface area contributed by atoms with Crippen LogP contribution in [-0.2, 0) is 17.0 Å². The van der Waals surface area contributed by atoms with Crippen molar-refractivity contribution in [1.82, 2.24) is 19.9 Å². The number of ether oxygens (including phenoxy) is 1. The topological polar surface area (TPSA) is 69.2 Å². The molecule has 5 rings (SSSR count). The van der Waals surface area contributed by atoms with Gasteiger partial charge in [-0.15, -0.1) is 10.2 Å². The zero-order valence-electron chi connectivity index (χ0n) is 17.4. The van der Waals surface area contributed by atoms with E-state index in [0.29, 0.717) is 30.5 Å². The van der Waals surface area contributed by atoms with Crippen LogP contribution in [0.1, 0.15) is 11.3 Å². The largest absolute Gasteiger partial charge is 0.378 e. The van der Waals surface area contributed by atoms with Crippen LogP contribution in [0, 0.1) is 0 Å². The lowest BCUT2D eigenvalue weighted by Gasteiger charge is -2.28. The van der Waals surface area contributed by atoms with E-state index in [1.54, 1.807) is 11.8 Å². The van der Waals surface area contributed by atoms with Gasteiger partial charge in [0.2, 0.25) is 5.95 Å². The van der Waals surface area contributed by atoms with Crippen molar-refractivity contribution in [3.63, 3.8) is 0 Å². The van der Waals surface area contributed by atoms with Crippen LogP contribution >= 0.6 is 23.4 Å². The van der Waals surface area contributed by atoms with Crippen molar-refractivity contribution in [2.45, 2.75) is 17.5 Å². The van der Waals surface area contributed by atoms with Crippen LogP contribution in [0.5, 0.6) is 0 Å². The summed E-state index contributed by atoms with van der Waals surface area (Å²) in [6.07, 6.45) is 0. The lowest BCUT2D eigenvalue weighted by Crippen LogP contribution is -2.38. The molecule has 0 amide bonds. The molecule has 1 aliphatic rings. The molecule has 0 aliphatic carbocycles. The van der Waals surface area contributed by atoms with Crippen LogP contribution in [0.4, 0.5) is 5.95 Å². The smallest absolute Gasteiger partial charge is 0.228 e. The van der Waals surface area contributed by atoms with E-state index < -0.39 is 0 Å². The Morgan fingerprint density at radius 1 is 0.969 bits per heavy atom. The van der Waals surface area contributed by atoms with Gasteiger partial charge in [0.1, 0.15) is 11.5 Å². The number of rotatable bonds is 7. The molecule has 0 saturated carbocycles. The number of anilines is 1. The molecule has 2 aromatic carbocycles. The van der Waals surface area contributed by atoms with E-state index in [4.69, 9.17) is 20.9 Å². The summed E-state index contributed by atoms with van der Waals surface area (Å²) in [4.78, 5) is 2.23. The maximum absolute atomic E-state index is 5.98. The average molecular weight is 468 g/mol. The third-order valence-electron chi connectivity index (χ3n) is 5.22. The summed E-state index contributed by atoms with van der Waals surface area (Å²) >= 11 is 7.57. The van der Waals surface area contributed by atoms with Crippen molar-refractivity contribution in [2.75, 3.05) is 31.2 Å². The Hall–Kier alpha value is -2.81. The minimum Gasteiger partial charge on any atom is -0.378 e. The highest BCUT2D eigenvalue weighted by atomic mass is 35.5. The fraction of sp³-hybridized carbons (Fsp3) is 0.261. The monoisotopic (exact) mass is 467 g/mol. The highest BCUT2D eigenvalue weighted by Crippen LogP contribution is 2.28. The van der Waals surface area contributed by atoms with E-state index in [1.807, 2.05) is 48.5 Å². The standard InChI is InChI=1S/C23H22ClN5O2S/c24-19-8-6-18(7-9-19)21-14-20(31-27-21)16-32-23-26-25-22(28-10-12-30-13-11-28)29(23)15-17-4-2-1-3-5-17/h1-9,14H,10-13,15-16H2. The molecular formula is C23H22ClN5O2S. The van der Waals surface area contributed by atoms with E-state index in [9.17, 15) is 0 Å². The van der Waals surface area contributed by atoms with E-state index in [-0.39, 0.29) is 0 Å². The number of morpholine rings is 1. The van der Waals surface area contributed by atoms with Gasteiger partial charge < -0.3 is 14.2 Å². The minimum atomic E-state index is 0.608. The van der Waals surface area contributed by atoms with E-state index >= 15 is 0 Å². The number of thioether (sulfide) groups is 1. The second-order valence-electron chi connectivity index (χ2n) is 7.43. The van der Waals surface area contributed by atoms with Gasteiger partial charge in [-0.25, -0.2) is 0 Å². The van der Waals surface area contributed by atoms with Crippen molar-refractivity contribution in [2.24, 2.45) is 0 Å². The van der Waals surface area contributed by atoms with Gasteiger partial charge in [-0.1, -0.05) is 71.0 Å².